The van der Waals surface area contributed by atoms with Gasteiger partial charge in [-0.3, -0.25) is 14.7 Å². The van der Waals surface area contributed by atoms with Gasteiger partial charge in [0.1, 0.15) is 5.69 Å². The first-order valence-electron chi connectivity index (χ1n) is 11.2. The number of likely N-dealkylation sites (tertiary alicyclic amines) is 1. The topological polar surface area (TPSA) is 130 Å². The number of rotatable bonds is 6. The van der Waals surface area contributed by atoms with Gasteiger partial charge >= 0.3 is 0 Å². The molecule has 1 saturated heterocycles. The molecule has 2 amide bonds. The van der Waals surface area contributed by atoms with Crippen molar-refractivity contribution in [2.24, 2.45) is 0 Å². The maximum atomic E-state index is 12.7. The van der Waals surface area contributed by atoms with Gasteiger partial charge < -0.3 is 14.7 Å². The van der Waals surface area contributed by atoms with Crippen molar-refractivity contribution >= 4 is 17.5 Å². The maximum absolute atomic E-state index is 12.7. The number of anilines is 1. The van der Waals surface area contributed by atoms with Gasteiger partial charge in [-0.2, -0.15) is 10.1 Å². The predicted octanol–water partition coefficient (Wildman–Crippen LogP) is 3.67. The minimum Gasteiger partial charge on any atom is -0.339 e. The summed E-state index contributed by atoms with van der Waals surface area (Å²) >= 11 is 0. The van der Waals surface area contributed by atoms with Crippen LogP contribution in [0, 0.1) is 0 Å². The SMILES string of the molecule is C=CC(=O)N1CCC(c2nc(-c3ccc(NC(=O)c4cccc(-c5ccn[nH]5)n4)cc3)no2)CC1. The molecule has 0 radical (unpaired) electrons. The van der Waals surface area contributed by atoms with Crippen molar-refractivity contribution < 1.29 is 14.1 Å². The molecule has 0 saturated carbocycles. The molecule has 176 valence electrons. The Morgan fingerprint density at radius 1 is 1.09 bits per heavy atom. The van der Waals surface area contributed by atoms with Crippen LogP contribution in [0.25, 0.3) is 22.8 Å². The lowest BCUT2D eigenvalue weighted by Crippen LogP contribution is -2.36. The molecule has 1 aromatic carbocycles. The quantitative estimate of drug-likeness (QED) is 0.412. The first-order chi connectivity index (χ1) is 17.1. The highest BCUT2D eigenvalue weighted by molar-refractivity contribution is 6.03. The summed E-state index contributed by atoms with van der Waals surface area (Å²) in [5.74, 6) is 0.807. The lowest BCUT2D eigenvalue weighted by molar-refractivity contribution is -0.127. The van der Waals surface area contributed by atoms with Gasteiger partial charge in [-0.05, 0) is 61.4 Å². The standard InChI is InChI=1S/C25H23N7O3/c1-2-22(33)32-14-11-17(12-15-32)25-29-23(31-35-25)16-6-8-18(9-7-16)27-24(34)21-5-3-4-19(28-21)20-10-13-26-30-20/h2-10,13,17H,1,11-12,14-15H2,(H,26,30)(H,27,34). The summed E-state index contributed by atoms with van der Waals surface area (Å²) in [6, 6.07) is 14.2. The molecular weight excluding hydrogens is 446 g/mol. The van der Waals surface area contributed by atoms with Gasteiger partial charge in [0.25, 0.3) is 5.91 Å². The van der Waals surface area contributed by atoms with E-state index in [0.29, 0.717) is 41.9 Å². The number of amides is 2. The Labute approximate surface area is 201 Å². The second-order valence-electron chi connectivity index (χ2n) is 8.17. The summed E-state index contributed by atoms with van der Waals surface area (Å²) in [5.41, 5.74) is 3.06. The van der Waals surface area contributed by atoms with Gasteiger partial charge in [-0.25, -0.2) is 4.98 Å². The van der Waals surface area contributed by atoms with Crippen LogP contribution in [0.5, 0.6) is 0 Å². The third-order valence-corrected chi connectivity index (χ3v) is 5.93. The average Bonchev–Trinajstić information content (AvgIpc) is 3.62. The summed E-state index contributed by atoms with van der Waals surface area (Å²) < 4.78 is 5.51. The van der Waals surface area contributed by atoms with Gasteiger partial charge in [-0.15, -0.1) is 0 Å². The number of benzene rings is 1. The number of carbonyl (C=O) groups is 2. The predicted molar refractivity (Wildman–Crippen MR) is 128 cm³/mol. The minimum atomic E-state index is -0.317. The molecule has 0 unspecified atom stereocenters. The van der Waals surface area contributed by atoms with Crippen LogP contribution in [0.4, 0.5) is 5.69 Å². The zero-order valence-electron chi connectivity index (χ0n) is 18.8. The Bertz CT molecular complexity index is 1340. The Balaban J connectivity index is 1.22. The highest BCUT2D eigenvalue weighted by Gasteiger charge is 2.26. The van der Waals surface area contributed by atoms with E-state index in [1.807, 2.05) is 18.2 Å². The zero-order valence-corrected chi connectivity index (χ0v) is 18.8. The van der Waals surface area contributed by atoms with Crippen LogP contribution in [-0.4, -0.2) is 55.1 Å². The molecule has 4 aromatic rings. The van der Waals surface area contributed by atoms with E-state index in [9.17, 15) is 9.59 Å². The summed E-state index contributed by atoms with van der Waals surface area (Å²) in [4.78, 5) is 35.2. The summed E-state index contributed by atoms with van der Waals surface area (Å²) in [5, 5.41) is 13.7. The Morgan fingerprint density at radius 2 is 1.89 bits per heavy atom. The van der Waals surface area contributed by atoms with Crippen LogP contribution in [0.3, 0.4) is 0 Å². The number of nitrogens with zero attached hydrogens (tertiary/aromatic N) is 5. The number of hydrogen-bond donors (Lipinski definition) is 2. The van der Waals surface area contributed by atoms with Crippen LogP contribution in [0.15, 0.2) is 71.9 Å². The summed E-state index contributed by atoms with van der Waals surface area (Å²) in [6.07, 6.45) is 4.50. The second kappa shape index (κ2) is 9.72. The smallest absolute Gasteiger partial charge is 0.274 e. The molecule has 4 heterocycles. The van der Waals surface area contributed by atoms with Crippen molar-refractivity contribution in [3.63, 3.8) is 0 Å². The third kappa shape index (κ3) is 4.86. The van der Waals surface area contributed by atoms with E-state index in [1.165, 1.54) is 6.08 Å². The van der Waals surface area contributed by atoms with Crippen molar-refractivity contribution in [3.8, 4) is 22.8 Å². The lowest BCUT2D eigenvalue weighted by atomic mass is 9.96. The average molecular weight is 470 g/mol. The lowest BCUT2D eigenvalue weighted by Gasteiger charge is -2.29. The first kappa shape index (κ1) is 22.2. The van der Waals surface area contributed by atoms with E-state index in [-0.39, 0.29) is 17.7 Å². The van der Waals surface area contributed by atoms with Crippen molar-refractivity contribution in [1.82, 2.24) is 30.2 Å². The molecule has 35 heavy (non-hydrogen) atoms. The number of aromatic amines is 1. The van der Waals surface area contributed by atoms with Crippen LogP contribution < -0.4 is 5.32 Å². The zero-order chi connectivity index (χ0) is 24.2. The molecule has 1 aliphatic rings. The van der Waals surface area contributed by atoms with Gasteiger partial charge in [0.05, 0.1) is 11.4 Å². The molecule has 1 aliphatic heterocycles. The molecule has 0 spiro atoms. The Morgan fingerprint density at radius 3 is 2.60 bits per heavy atom. The minimum absolute atomic E-state index is 0.0526. The first-order valence-corrected chi connectivity index (χ1v) is 11.2. The fraction of sp³-hybridized carbons (Fsp3) is 0.200. The fourth-order valence-corrected chi connectivity index (χ4v) is 4.00. The fourth-order valence-electron chi connectivity index (χ4n) is 4.00. The van der Waals surface area contributed by atoms with Crippen LogP contribution in [0.2, 0.25) is 0 Å². The monoisotopic (exact) mass is 469 g/mol. The molecule has 1 fully saturated rings. The second-order valence-corrected chi connectivity index (χ2v) is 8.17. The van der Waals surface area contributed by atoms with E-state index in [2.05, 4.69) is 37.2 Å². The van der Waals surface area contributed by atoms with E-state index >= 15 is 0 Å². The van der Waals surface area contributed by atoms with E-state index in [4.69, 9.17) is 4.52 Å². The molecule has 3 aromatic heterocycles. The third-order valence-electron chi connectivity index (χ3n) is 5.93. The van der Waals surface area contributed by atoms with Crippen molar-refractivity contribution in [2.45, 2.75) is 18.8 Å². The number of nitrogens with one attached hydrogen (secondary N) is 2. The van der Waals surface area contributed by atoms with E-state index < -0.39 is 0 Å². The molecule has 10 heteroatoms. The van der Waals surface area contributed by atoms with Gasteiger partial charge in [0.2, 0.25) is 17.6 Å². The van der Waals surface area contributed by atoms with Crippen molar-refractivity contribution in [3.05, 3.63) is 79.0 Å². The molecule has 0 aliphatic carbocycles. The van der Waals surface area contributed by atoms with Gasteiger partial charge in [0, 0.05) is 36.5 Å². The van der Waals surface area contributed by atoms with Crippen molar-refractivity contribution in [2.75, 3.05) is 18.4 Å². The largest absolute Gasteiger partial charge is 0.339 e. The number of piperidine rings is 1. The molecule has 0 bridgehead atoms. The number of aromatic nitrogens is 5. The Hall–Kier alpha value is -4.60. The van der Waals surface area contributed by atoms with Crippen LogP contribution >= 0.6 is 0 Å². The number of pyridine rings is 1. The summed E-state index contributed by atoms with van der Waals surface area (Å²) in [6.45, 7) is 4.82. The van der Waals surface area contributed by atoms with Gasteiger partial charge in [-0.1, -0.05) is 17.8 Å². The van der Waals surface area contributed by atoms with Crippen LogP contribution in [-0.2, 0) is 4.79 Å². The van der Waals surface area contributed by atoms with Crippen molar-refractivity contribution in [1.29, 1.82) is 0 Å². The molecule has 0 atom stereocenters. The van der Waals surface area contributed by atoms with E-state index in [1.54, 1.807) is 41.4 Å². The number of carbonyl (C=O) groups excluding carboxylic acids is 2. The molecular formula is C25H23N7O3. The van der Waals surface area contributed by atoms with Crippen LogP contribution in [0.1, 0.15) is 35.1 Å². The Kier molecular flexibility index (Phi) is 6.16. The highest BCUT2D eigenvalue weighted by atomic mass is 16.5. The number of hydrogen-bond acceptors (Lipinski definition) is 7. The van der Waals surface area contributed by atoms with E-state index in [0.717, 1.165) is 24.1 Å². The highest BCUT2D eigenvalue weighted by Crippen LogP contribution is 2.29. The molecule has 2 N–H and O–H groups in total. The summed E-state index contributed by atoms with van der Waals surface area (Å²) in [7, 11) is 0. The maximum Gasteiger partial charge on any atom is 0.274 e. The number of H-pyrrole nitrogens is 1. The molecule has 10 nitrogen and oxygen atoms in total. The molecule has 5 rings (SSSR count). The normalized spacial score (nSPS) is 14.0. The van der Waals surface area contributed by atoms with Gasteiger partial charge in [0.15, 0.2) is 0 Å².